The van der Waals surface area contributed by atoms with Crippen LogP contribution in [-0.4, -0.2) is 62.4 Å². The maximum atomic E-state index is 12.2. The molecule has 0 aliphatic rings. The van der Waals surface area contributed by atoms with Crippen LogP contribution in [0.4, 0.5) is 5.95 Å². The molecule has 13 nitrogen and oxygen atoms in total. The average Bonchev–Trinajstić information content (AvgIpc) is 3.18. The van der Waals surface area contributed by atoms with Gasteiger partial charge in [-0.15, -0.1) is 0 Å². The normalized spacial score (nSPS) is 15.3. The van der Waals surface area contributed by atoms with Crippen molar-refractivity contribution in [1.29, 1.82) is 0 Å². The van der Waals surface area contributed by atoms with Crippen molar-refractivity contribution in [2.45, 2.75) is 72.3 Å². The third-order valence-corrected chi connectivity index (χ3v) is 5.48. The van der Waals surface area contributed by atoms with Gasteiger partial charge in [0.2, 0.25) is 11.8 Å². The molecule has 34 heavy (non-hydrogen) atoms. The Kier molecular flexibility index (Phi) is 10.6. The van der Waals surface area contributed by atoms with Crippen LogP contribution in [0, 0.1) is 0 Å². The second-order valence-electron chi connectivity index (χ2n) is 7.65. The molecule has 0 aliphatic heterocycles. The van der Waals surface area contributed by atoms with Crippen molar-refractivity contribution < 1.29 is 37.5 Å². The summed E-state index contributed by atoms with van der Waals surface area (Å²) in [4.78, 5) is 34.0. The number of nitrogens with two attached hydrogens (primary N) is 1. The number of aromatic nitrogens is 4. The lowest BCUT2D eigenvalue weighted by molar-refractivity contribution is -0.147. The molecule has 0 bridgehead atoms. The first kappa shape index (κ1) is 27.9. The van der Waals surface area contributed by atoms with Gasteiger partial charge in [-0.05, 0) is 40.5 Å². The van der Waals surface area contributed by atoms with Crippen molar-refractivity contribution in [3.8, 4) is 5.88 Å². The number of phosphoric acid groups is 1. The second-order valence-corrected chi connectivity index (χ2v) is 9.10. The van der Waals surface area contributed by atoms with Crippen LogP contribution in [0.5, 0.6) is 5.88 Å². The van der Waals surface area contributed by atoms with Crippen molar-refractivity contribution in [3.63, 3.8) is 0 Å². The minimum absolute atomic E-state index is 0.0381. The number of ether oxygens (including phenoxy) is 3. The van der Waals surface area contributed by atoms with Crippen LogP contribution in [0.15, 0.2) is 6.33 Å². The molecule has 2 aromatic heterocycles. The lowest BCUT2D eigenvalue weighted by Gasteiger charge is -2.23. The van der Waals surface area contributed by atoms with Gasteiger partial charge >= 0.3 is 13.8 Å². The van der Waals surface area contributed by atoms with E-state index in [2.05, 4.69) is 15.0 Å². The van der Waals surface area contributed by atoms with E-state index in [0.717, 1.165) is 0 Å². The van der Waals surface area contributed by atoms with Gasteiger partial charge in [-0.3, -0.25) is 18.4 Å². The minimum atomic E-state index is -4.32. The number of nitrogen functional groups attached to an aromatic ring is 1. The third-order valence-electron chi connectivity index (χ3n) is 4.49. The zero-order valence-electron chi connectivity index (χ0n) is 20.2. The topological polar surface area (TPSA) is 170 Å². The van der Waals surface area contributed by atoms with Crippen molar-refractivity contribution >= 4 is 30.9 Å². The van der Waals surface area contributed by atoms with Gasteiger partial charge in [0.1, 0.15) is 6.23 Å². The molecule has 3 N–H and O–H groups in total. The molecule has 2 aromatic rings. The first-order chi connectivity index (χ1) is 16.1. The summed E-state index contributed by atoms with van der Waals surface area (Å²) in [6.07, 6.45) is 1.05. The van der Waals surface area contributed by atoms with Crippen molar-refractivity contribution in [1.82, 2.24) is 19.5 Å². The lowest BCUT2D eigenvalue weighted by Crippen LogP contribution is -2.23. The van der Waals surface area contributed by atoms with Crippen molar-refractivity contribution in [2.75, 3.05) is 25.6 Å². The van der Waals surface area contributed by atoms with Gasteiger partial charge in [-0.25, -0.2) is 9.55 Å². The van der Waals surface area contributed by atoms with Gasteiger partial charge in [-0.2, -0.15) is 9.97 Å². The Balaban J connectivity index is 1.90. The molecular formula is C20H34N5O8P. The van der Waals surface area contributed by atoms with Gasteiger partial charge in [0.05, 0.1) is 38.4 Å². The van der Waals surface area contributed by atoms with E-state index in [0.29, 0.717) is 24.2 Å². The molecule has 0 amide bonds. The molecule has 0 aromatic carbocycles. The fourth-order valence-corrected chi connectivity index (χ4v) is 3.73. The molecule has 2 rings (SSSR count). The number of hydrogen-bond donors (Lipinski definition) is 2. The third kappa shape index (κ3) is 8.48. The van der Waals surface area contributed by atoms with E-state index in [1.165, 1.54) is 6.33 Å². The number of carbonyl (C=O) groups is 1. The van der Waals surface area contributed by atoms with Gasteiger partial charge in [0.25, 0.3) is 0 Å². The molecule has 0 aliphatic carbocycles. The molecule has 192 valence electrons. The van der Waals surface area contributed by atoms with Crippen LogP contribution < -0.4 is 10.5 Å². The molecule has 0 spiro atoms. The summed E-state index contributed by atoms with van der Waals surface area (Å²) < 4.78 is 40.3. The summed E-state index contributed by atoms with van der Waals surface area (Å²) in [7, 11) is -4.32. The molecular weight excluding hydrogens is 469 g/mol. The van der Waals surface area contributed by atoms with Crippen LogP contribution >= 0.6 is 7.82 Å². The van der Waals surface area contributed by atoms with Crippen molar-refractivity contribution in [3.05, 3.63) is 6.33 Å². The zero-order chi connectivity index (χ0) is 25.3. The number of carbonyl (C=O) groups excluding carboxylic acids is 1. The number of imidazole rings is 1. The van der Waals surface area contributed by atoms with E-state index in [1.807, 2.05) is 13.8 Å². The highest BCUT2D eigenvalue weighted by Crippen LogP contribution is 2.43. The SMILES string of the molecule is CCOc1nc(N)nc2c1ncn2C(C)OC(CC)COP(=O)(O)OCCCC(=O)OC(C)C. The summed E-state index contributed by atoms with van der Waals surface area (Å²) >= 11 is 0. The Hall–Kier alpha value is -2.31. The Morgan fingerprint density at radius 3 is 2.62 bits per heavy atom. The molecule has 0 radical (unpaired) electrons. The summed E-state index contributed by atoms with van der Waals surface area (Å²) in [5, 5.41) is 0. The standard InChI is InChI=1S/C20H34N5O8P/c1-6-15(11-31-34(27,28)30-10-8-9-16(26)32-13(3)4)33-14(5)25-12-22-17-18(25)23-20(21)24-19(17)29-7-2/h12-15H,6-11H2,1-5H3,(H,27,28)(H2,21,23,24). The summed E-state index contributed by atoms with van der Waals surface area (Å²) in [5.41, 5.74) is 6.67. The van der Waals surface area contributed by atoms with Crippen LogP contribution in [-0.2, 0) is 27.9 Å². The molecule has 2 heterocycles. The maximum Gasteiger partial charge on any atom is 0.472 e. The van der Waals surface area contributed by atoms with Crippen LogP contribution in [0.3, 0.4) is 0 Å². The molecule has 3 atom stereocenters. The number of esters is 1. The maximum absolute atomic E-state index is 12.2. The Morgan fingerprint density at radius 2 is 1.97 bits per heavy atom. The fraction of sp³-hybridized carbons (Fsp3) is 0.700. The summed E-state index contributed by atoms with van der Waals surface area (Å²) in [5.74, 6) is -0.0774. The predicted molar refractivity (Wildman–Crippen MR) is 123 cm³/mol. The molecule has 3 unspecified atom stereocenters. The molecule has 0 saturated carbocycles. The predicted octanol–water partition coefficient (Wildman–Crippen LogP) is 2.99. The first-order valence-corrected chi connectivity index (χ1v) is 12.6. The van der Waals surface area contributed by atoms with E-state index in [9.17, 15) is 14.3 Å². The monoisotopic (exact) mass is 503 g/mol. The highest BCUT2D eigenvalue weighted by molar-refractivity contribution is 7.47. The Morgan fingerprint density at radius 1 is 1.24 bits per heavy atom. The smallest absolute Gasteiger partial charge is 0.472 e. The van der Waals surface area contributed by atoms with E-state index < -0.39 is 26.1 Å². The van der Waals surface area contributed by atoms with Gasteiger partial charge in [0, 0.05) is 6.42 Å². The number of fused-ring (bicyclic) bond motifs is 1. The average molecular weight is 503 g/mol. The Labute approximate surface area is 198 Å². The van der Waals surface area contributed by atoms with Crippen LogP contribution in [0.1, 0.15) is 60.1 Å². The largest absolute Gasteiger partial charge is 0.476 e. The van der Waals surface area contributed by atoms with Gasteiger partial charge in [0.15, 0.2) is 11.2 Å². The number of rotatable bonds is 15. The van der Waals surface area contributed by atoms with E-state index >= 15 is 0 Å². The van der Waals surface area contributed by atoms with E-state index in [-0.39, 0.29) is 44.0 Å². The molecule has 14 heteroatoms. The van der Waals surface area contributed by atoms with Crippen molar-refractivity contribution in [2.24, 2.45) is 0 Å². The lowest BCUT2D eigenvalue weighted by atomic mass is 10.3. The van der Waals surface area contributed by atoms with E-state index in [1.54, 1.807) is 25.3 Å². The van der Waals surface area contributed by atoms with Gasteiger partial charge < -0.3 is 24.8 Å². The molecule has 0 fully saturated rings. The number of anilines is 1. The summed E-state index contributed by atoms with van der Waals surface area (Å²) in [6.45, 7) is 9.02. The summed E-state index contributed by atoms with van der Waals surface area (Å²) in [6, 6.07) is 0. The molecule has 0 saturated heterocycles. The minimum Gasteiger partial charge on any atom is -0.476 e. The highest BCUT2D eigenvalue weighted by atomic mass is 31.2. The zero-order valence-corrected chi connectivity index (χ0v) is 21.1. The van der Waals surface area contributed by atoms with Gasteiger partial charge in [-0.1, -0.05) is 6.92 Å². The number of hydrogen-bond acceptors (Lipinski definition) is 11. The Bertz CT molecular complexity index is 985. The fourth-order valence-electron chi connectivity index (χ4n) is 2.94. The second kappa shape index (κ2) is 13.0. The van der Waals surface area contributed by atoms with Crippen LogP contribution in [0.2, 0.25) is 0 Å². The highest BCUT2D eigenvalue weighted by Gasteiger charge is 2.25. The number of phosphoric ester groups is 1. The first-order valence-electron chi connectivity index (χ1n) is 11.2. The quantitative estimate of drug-likeness (QED) is 0.207. The number of nitrogens with zero attached hydrogens (tertiary/aromatic N) is 4. The van der Waals surface area contributed by atoms with Crippen LogP contribution in [0.25, 0.3) is 11.2 Å². The van der Waals surface area contributed by atoms with E-state index in [4.69, 9.17) is 29.0 Å².